The van der Waals surface area contributed by atoms with E-state index in [4.69, 9.17) is 26.6 Å². The van der Waals surface area contributed by atoms with Gasteiger partial charge in [-0.1, -0.05) is 41.5 Å². The second kappa shape index (κ2) is 18.4. The van der Waals surface area contributed by atoms with Gasteiger partial charge in [0.25, 0.3) is 0 Å². The summed E-state index contributed by atoms with van der Waals surface area (Å²) in [4.78, 5) is 0. The van der Waals surface area contributed by atoms with Crippen LogP contribution in [-0.2, 0) is 26.6 Å². The molecule has 0 saturated heterocycles. The largest absolute Gasteiger partial charge is 0.398 e. The van der Waals surface area contributed by atoms with E-state index in [-0.39, 0.29) is 0 Å². The molecule has 0 aromatic rings. The molecule has 0 N–H and O–H groups in total. The summed E-state index contributed by atoms with van der Waals surface area (Å²) >= 11 is 0. The first-order valence-electron chi connectivity index (χ1n) is 10.0. The van der Waals surface area contributed by atoms with Crippen molar-refractivity contribution in [1.82, 2.24) is 0 Å². The lowest BCUT2D eigenvalue weighted by Gasteiger charge is -2.23. The van der Waals surface area contributed by atoms with Gasteiger partial charge in [0.05, 0.1) is 0 Å². The Morgan fingerprint density at radius 3 is 0.444 bits per heavy atom. The van der Waals surface area contributed by atoms with Gasteiger partial charge in [-0.25, -0.2) is 0 Å². The normalized spacial score (nSPS) is 12.0. The highest BCUT2D eigenvalue weighted by atomic mass is 28.4. The molecule has 0 aliphatic heterocycles. The molecule has 0 radical (unpaired) electrons. The molecule has 0 aliphatic carbocycles. The molecule has 0 fully saturated rings. The summed E-state index contributed by atoms with van der Waals surface area (Å²) in [6.45, 7) is 12.7. The van der Waals surface area contributed by atoms with Crippen molar-refractivity contribution >= 4 is 25.7 Å². The van der Waals surface area contributed by atoms with E-state index >= 15 is 0 Å². The van der Waals surface area contributed by atoms with Gasteiger partial charge in [-0.15, -0.1) is 0 Å². The van der Waals surface area contributed by atoms with Crippen LogP contribution in [0.25, 0.3) is 0 Å². The van der Waals surface area contributed by atoms with Crippen LogP contribution in [0.2, 0.25) is 36.3 Å². The summed E-state index contributed by atoms with van der Waals surface area (Å²) in [6.07, 6.45) is 0. The van der Waals surface area contributed by atoms with Crippen LogP contribution in [0.5, 0.6) is 0 Å². The SMILES string of the molecule is CC[Si](CC)(OC)OC.CC[Si](CC)(OC)OC.CC[Si](CC)(OC)OC. The summed E-state index contributed by atoms with van der Waals surface area (Å²) in [5.41, 5.74) is 0. The molecular weight excluding hydrogens is 396 g/mol. The minimum absolute atomic E-state index is 1.04. The Balaban J connectivity index is -0.000000320. The van der Waals surface area contributed by atoms with Gasteiger partial charge in [0, 0.05) is 42.7 Å². The van der Waals surface area contributed by atoms with Crippen LogP contribution in [0.3, 0.4) is 0 Å². The van der Waals surface area contributed by atoms with Gasteiger partial charge >= 0.3 is 25.7 Å². The third-order valence-electron chi connectivity index (χ3n) is 5.46. The van der Waals surface area contributed by atoms with Crippen molar-refractivity contribution in [2.45, 2.75) is 77.8 Å². The fraction of sp³-hybridized carbons (Fsp3) is 1.00. The molecule has 0 aromatic carbocycles. The molecule has 0 spiro atoms. The average Bonchev–Trinajstić information content (AvgIpc) is 2.75. The third kappa shape index (κ3) is 11.9. The van der Waals surface area contributed by atoms with Gasteiger partial charge < -0.3 is 26.6 Å². The predicted molar refractivity (Wildman–Crippen MR) is 122 cm³/mol. The molecule has 0 saturated carbocycles. The molecule has 0 aromatic heterocycles. The molecule has 0 heterocycles. The zero-order chi connectivity index (χ0) is 22.0. The van der Waals surface area contributed by atoms with Crippen LogP contribution in [0.15, 0.2) is 0 Å². The standard InChI is InChI=1S/3C6H16O2Si/c3*1-5-9(6-2,7-3)8-4/h3*5-6H2,1-4H3. The summed E-state index contributed by atoms with van der Waals surface area (Å²) in [7, 11) is 5.36. The van der Waals surface area contributed by atoms with E-state index in [0.29, 0.717) is 0 Å². The van der Waals surface area contributed by atoms with Gasteiger partial charge in [-0.2, -0.15) is 0 Å². The van der Waals surface area contributed by atoms with E-state index in [2.05, 4.69) is 41.5 Å². The van der Waals surface area contributed by atoms with Crippen LogP contribution in [0, 0.1) is 0 Å². The first-order valence-corrected chi connectivity index (χ1v) is 16.7. The summed E-state index contributed by atoms with van der Waals surface area (Å²) in [6, 6.07) is 6.23. The highest BCUT2D eigenvalue weighted by Gasteiger charge is 2.31. The Kier molecular flexibility index (Phi) is 21.9. The first-order chi connectivity index (χ1) is 12.7. The molecular formula is C18H48O6Si3. The van der Waals surface area contributed by atoms with Crippen LogP contribution < -0.4 is 0 Å². The maximum absolute atomic E-state index is 5.30. The molecule has 0 bridgehead atoms. The van der Waals surface area contributed by atoms with Crippen LogP contribution >= 0.6 is 0 Å². The monoisotopic (exact) mass is 444 g/mol. The van der Waals surface area contributed by atoms with Crippen molar-refractivity contribution in [3.05, 3.63) is 0 Å². The zero-order valence-electron chi connectivity index (χ0n) is 20.2. The Hall–Kier alpha value is 0.411. The van der Waals surface area contributed by atoms with Crippen LogP contribution in [0.4, 0.5) is 0 Å². The molecule has 6 nitrogen and oxygen atoms in total. The second-order valence-corrected chi connectivity index (χ2v) is 18.2. The van der Waals surface area contributed by atoms with Crippen molar-refractivity contribution < 1.29 is 26.6 Å². The quantitative estimate of drug-likeness (QED) is 0.381. The van der Waals surface area contributed by atoms with Crippen molar-refractivity contribution in [3.8, 4) is 0 Å². The first kappa shape index (κ1) is 32.1. The maximum atomic E-state index is 5.30. The highest BCUT2D eigenvalue weighted by molar-refractivity contribution is 6.67. The molecule has 0 unspecified atom stereocenters. The minimum Gasteiger partial charge on any atom is -0.398 e. The molecule has 0 aliphatic rings. The lowest BCUT2D eigenvalue weighted by atomic mass is 10.9. The van der Waals surface area contributed by atoms with Crippen molar-refractivity contribution in [2.24, 2.45) is 0 Å². The van der Waals surface area contributed by atoms with Crippen LogP contribution in [0.1, 0.15) is 41.5 Å². The topological polar surface area (TPSA) is 55.4 Å². The fourth-order valence-electron chi connectivity index (χ4n) is 2.73. The van der Waals surface area contributed by atoms with E-state index in [0.717, 1.165) is 36.3 Å². The molecule has 9 heteroatoms. The lowest BCUT2D eigenvalue weighted by Crippen LogP contribution is -2.37. The van der Waals surface area contributed by atoms with E-state index in [9.17, 15) is 0 Å². The number of rotatable bonds is 12. The number of hydrogen-bond acceptors (Lipinski definition) is 6. The zero-order valence-corrected chi connectivity index (χ0v) is 23.2. The molecule has 0 atom stereocenters. The smallest absolute Gasteiger partial charge is 0.337 e. The third-order valence-corrected chi connectivity index (χ3v) is 16.4. The maximum Gasteiger partial charge on any atom is 0.337 e. The van der Waals surface area contributed by atoms with Crippen LogP contribution in [-0.4, -0.2) is 68.3 Å². The Labute approximate surface area is 173 Å². The van der Waals surface area contributed by atoms with Gasteiger partial charge in [0.15, 0.2) is 0 Å². The summed E-state index contributed by atoms with van der Waals surface area (Å²) in [5, 5.41) is 0. The van der Waals surface area contributed by atoms with E-state index < -0.39 is 25.7 Å². The van der Waals surface area contributed by atoms with E-state index in [1.54, 1.807) is 42.7 Å². The van der Waals surface area contributed by atoms with Gasteiger partial charge in [0.1, 0.15) is 0 Å². The van der Waals surface area contributed by atoms with E-state index in [1.807, 2.05) is 0 Å². The Morgan fingerprint density at radius 2 is 0.444 bits per heavy atom. The highest BCUT2D eigenvalue weighted by Crippen LogP contribution is 2.16. The van der Waals surface area contributed by atoms with Crippen molar-refractivity contribution in [3.63, 3.8) is 0 Å². The lowest BCUT2D eigenvalue weighted by molar-refractivity contribution is 0.244. The van der Waals surface area contributed by atoms with Crippen molar-refractivity contribution in [2.75, 3.05) is 42.7 Å². The molecule has 27 heavy (non-hydrogen) atoms. The average molecular weight is 445 g/mol. The van der Waals surface area contributed by atoms with Gasteiger partial charge in [-0.05, 0) is 36.3 Å². The number of hydrogen-bond donors (Lipinski definition) is 0. The minimum atomic E-state index is -1.69. The van der Waals surface area contributed by atoms with Gasteiger partial charge in [-0.3, -0.25) is 0 Å². The Morgan fingerprint density at radius 1 is 0.333 bits per heavy atom. The van der Waals surface area contributed by atoms with Gasteiger partial charge in [0.2, 0.25) is 0 Å². The predicted octanol–water partition coefficient (Wildman–Crippen LogP) is 5.28. The summed E-state index contributed by atoms with van der Waals surface area (Å²) in [5.74, 6) is 0. The second-order valence-electron chi connectivity index (χ2n) is 6.08. The fourth-order valence-corrected chi connectivity index (χ4v) is 8.20. The van der Waals surface area contributed by atoms with Crippen molar-refractivity contribution in [1.29, 1.82) is 0 Å². The Bertz CT molecular complexity index is 209. The summed E-state index contributed by atoms with van der Waals surface area (Å²) < 4.78 is 31.8. The molecule has 0 rings (SSSR count). The van der Waals surface area contributed by atoms with E-state index in [1.165, 1.54) is 0 Å². The molecule has 168 valence electrons. The molecule has 0 amide bonds.